The van der Waals surface area contributed by atoms with E-state index in [2.05, 4.69) is 10.0 Å². The van der Waals surface area contributed by atoms with E-state index < -0.39 is 40.1 Å². The first-order valence-electron chi connectivity index (χ1n) is 8.04. The molecule has 1 rings (SSSR count). The van der Waals surface area contributed by atoms with Crippen LogP contribution in [-0.4, -0.2) is 52.2 Å². The molecule has 26 heavy (non-hydrogen) atoms. The molecule has 0 saturated heterocycles. The van der Waals surface area contributed by atoms with Crippen LogP contribution in [0.1, 0.15) is 38.1 Å². The lowest BCUT2D eigenvalue weighted by Crippen LogP contribution is -2.42. The van der Waals surface area contributed by atoms with Gasteiger partial charge in [0.1, 0.15) is 0 Å². The first kappa shape index (κ1) is 22.1. The fourth-order valence-corrected chi connectivity index (χ4v) is 3.28. The summed E-state index contributed by atoms with van der Waals surface area (Å²) in [6.07, 6.45) is 0. The molecule has 0 aliphatic carbocycles. The summed E-state index contributed by atoms with van der Waals surface area (Å²) in [7, 11) is -2.24. The van der Waals surface area contributed by atoms with Crippen molar-refractivity contribution in [3.05, 3.63) is 29.8 Å². The molecule has 1 aromatic rings. The predicted octanol–water partition coefficient (Wildman–Crippen LogP) is 1.07. The number of hydrogen-bond acceptors (Lipinski definition) is 6. The zero-order valence-electron chi connectivity index (χ0n) is 15.7. The Bertz CT molecular complexity index is 723. The molecule has 1 aromatic carbocycles. The van der Waals surface area contributed by atoms with E-state index in [1.165, 1.54) is 31.4 Å². The van der Waals surface area contributed by atoms with Crippen LogP contribution < -0.4 is 10.0 Å². The van der Waals surface area contributed by atoms with Crippen LogP contribution in [-0.2, 0) is 24.3 Å². The molecule has 8 nitrogen and oxygen atoms in total. The highest BCUT2D eigenvalue weighted by Crippen LogP contribution is 2.12. The van der Waals surface area contributed by atoms with Crippen molar-refractivity contribution in [2.24, 2.45) is 0 Å². The maximum Gasteiger partial charge on any atom is 0.338 e. The van der Waals surface area contributed by atoms with E-state index in [0.29, 0.717) is 0 Å². The Morgan fingerprint density at radius 1 is 1.15 bits per heavy atom. The highest BCUT2D eigenvalue weighted by molar-refractivity contribution is 7.89. The Kier molecular flexibility index (Phi) is 7.73. The van der Waals surface area contributed by atoms with Gasteiger partial charge in [0.05, 0.1) is 17.1 Å². The number of esters is 1. The molecule has 0 unspecified atom stereocenters. The van der Waals surface area contributed by atoms with Gasteiger partial charge in [-0.15, -0.1) is 0 Å². The molecule has 146 valence electrons. The normalized spacial score (nSPS) is 13.1. The SMILES string of the molecule is COC[C@@H](C)NS(=O)(=O)c1ccc(C(=O)OCC(=O)NC(C)(C)C)cc1. The van der Waals surface area contributed by atoms with Crippen molar-refractivity contribution in [2.75, 3.05) is 20.3 Å². The average molecular weight is 386 g/mol. The number of methoxy groups -OCH3 is 1. The number of carbonyl (C=O) groups excluding carboxylic acids is 2. The van der Waals surface area contributed by atoms with Crippen molar-refractivity contribution in [3.63, 3.8) is 0 Å². The molecule has 9 heteroatoms. The first-order valence-corrected chi connectivity index (χ1v) is 9.52. The van der Waals surface area contributed by atoms with Gasteiger partial charge in [-0.3, -0.25) is 4.79 Å². The van der Waals surface area contributed by atoms with Gasteiger partial charge in [-0.2, -0.15) is 0 Å². The molecule has 2 N–H and O–H groups in total. The highest BCUT2D eigenvalue weighted by Gasteiger charge is 2.19. The van der Waals surface area contributed by atoms with Crippen molar-refractivity contribution in [2.45, 2.75) is 44.2 Å². The molecule has 0 aliphatic rings. The van der Waals surface area contributed by atoms with Crippen molar-refractivity contribution in [1.82, 2.24) is 10.0 Å². The molecule has 0 radical (unpaired) electrons. The van der Waals surface area contributed by atoms with Crippen LogP contribution in [0.15, 0.2) is 29.2 Å². The molecule has 0 aliphatic heterocycles. The maximum absolute atomic E-state index is 12.2. The monoisotopic (exact) mass is 386 g/mol. The molecule has 1 amide bonds. The topological polar surface area (TPSA) is 111 Å². The molecule has 0 fully saturated rings. The van der Waals surface area contributed by atoms with Gasteiger partial charge >= 0.3 is 5.97 Å². The van der Waals surface area contributed by atoms with Crippen LogP contribution in [0.5, 0.6) is 0 Å². The van der Waals surface area contributed by atoms with Gasteiger partial charge in [-0.05, 0) is 52.0 Å². The van der Waals surface area contributed by atoms with Crippen molar-refractivity contribution >= 4 is 21.9 Å². The standard InChI is InChI=1S/C17H26N2O6S/c1-12(10-24-5)19-26(22,23)14-8-6-13(7-9-14)16(21)25-11-15(20)18-17(2,3)4/h6-9,12,19H,10-11H2,1-5H3,(H,18,20)/t12-/m1/s1. The molecule has 0 aromatic heterocycles. The van der Waals surface area contributed by atoms with Crippen LogP contribution >= 0.6 is 0 Å². The number of hydrogen-bond donors (Lipinski definition) is 2. The number of amides is 1. The second-order valence-corrected chi connectivity index (χ2v) is 8.59. The van der Waals surface area contributed by atoms with Crippen LogP contribution in [0, 0.1) is 0 Å². The van der Waals surface area contributed by atoms with E-state index in [9.17, 15) is 18.0 Å². The smallest absolute Gasteiger partial charge is 0.338 e. The Hall–Kier alpha value is -1.97. The van der Waals surface area contributed by atoms with E-state index in [-0.39, 0.29) is 17.1 Å². The zero-order valence-corrected chi connectivity index (χ0v) is 16.5. The molecular formula is C17H26N2O6S. The Morgan fingerprint density at radius 2 is 1.73 bits per heavy atom. The number of sulfonamides is 1. The zero-order chi connectivity index (χ0) is 20.0. The third-order valence-electron chi connectivity index (χ3n) is 3.02. The summed E-state index contributed by atoms with van der Waals surface area (Å²) in [5.74, 6) is -1.12. The van der Waals surface area contributed by atoms with Gasteiger partial charge in [0, 0.05) is 18.7 Å². The van der Waals surface area contributed by atoms with E-state index in [1.807, 2.05) is 20.8 Å². The number of ether oxygens (including phenoxy) is 2. The molecular weight excluding hydrogens is 360 g/mol. The number of benzene rings is 1. The summed E-state index contributed by atoms with van der Waals surface area (Å²) >= 11 is 0. The van der Waals surface area contributed by atoms with E-state index in [1.54, 1.807) is 6.92 Å². The lowest BCUT2D eigenvalue weighted by atomic mass is 10.1. The van der Waals surface area contributed by atoms with Crippen molar-refractivity contribution < 1.29 is 27.5 Å². The third-order valence-corrected chi connectivity index (χ3v) is 4.63. The van der Waals surface area contributed by atoms with Crippen LogP contribution in [0.25, 0.3) is 0 Å². The van der Waals surface area contributed by atoms with Gasteiger partial charge in [-0.25, -0.2) is 17.9 Å². The van der Waals surface area contributed by atoms with Gasteiger partial charge in [0.25, 0.3) is 5.91 Å². The number of nitrogens with one attached hydrogen (secondary N) is 2. The van der Waals surface area contributed by atoms with Crippen LogP contribution in [0.4, 0.5) is 0 Å². The van der Waals surface area contributed by atoms with E-state index in [4.69, 9.17) is 9.47 Å². The molecule has 0 saturated carbocycles. The first-order chi connectivity index (χ1) is 11.9. The molecule has 0 heterocycles. The second-order valence-electron chi connectivity index (χ2n) is 6.88. The summed E-state index contributed by atoms with van der Waals surface area (Å²) in [6.45, 7) is 6.94. The van der Waals surface area contributed by atoms with Crippen LogP contribution in [0.3, 0.4) is 0 Å². The Morgan fingerprint density at radius 3 is 2.23 bits per heavy atom. The van der Waals surface area contributed by atoms with Crippen LogP contribution in [0.2, 0.25) is 0 Å². The minimum atomic E-state index is -3.72. The molecule has 0 spiro atoms. The summed E-state index contributed by atoms with van der Waals surface area (Å²) in [5.41, 5.74) is -0.274. The lowest BCUT2D eigenvalue weighted by Gasteiger charge is -2.20. The van der Waals surface area contributed by atoms with Crippen molar-refractivity contribution in [1.29, 1.82) is 0 Å². The minimum absolute atomic E-state index is 0.0162. The van der Waals surface area contributed by atoms with E-state index in [0.717, 1.165) is 0 Å². The van der Waals surface area contributed by atoms with E-state index >= 15 is 0 Å². The summed E-state index contributed by atoms with van der Waals surface area (Å²) < 4.78 is 36.7. The average Bonchev–Trinajstić information content (AvgIpc) is 2.51. The second kappa shape index (κ2) is 9.11. The van der Waals surface area contributed by atoms with Gasteiger partial charge < -0.3 is 14.8 Å². The quantitative estimate of drug-likeness (QED) is 0.647. The van der Waals surface area contributed by atoms with Gasteiger partial charge in [0.15, 0.2) is 6.61 Å². The Labute approximate surface area is 154 Å². The summed E-state index contributed by atoms with van der Waals surface area (Å²) in [4.78, 5) is 23.6. The highest BCUT2D eigenvalue weighted by atomic mass is 32.2. The lowest BCUT2D eigenvalue weighted by molar-refractivity contribution is -0.125. The predicted molar refractivity (Wildman–Crippen MR) is 96.3 cm³/mol. The summed E-state index contributed by atoms with van der Waals surface area (Å²) in [5, 5.41) is 2.67. The minimum Gasteiger partial charge on any atom is -0.452 e. The van der Waals surface area contributed by atoms with Gasteiger partial charge in [-0.1, -0.05) is 0 Å². The number of rotatable bonds is 8. The molecule has 0 bridgehead atoms. The third kappa shape index (κ3) is 7.51. The van der Waals surface area contributed by atoms with Gasteiger partial charge in [0.2, 0.25) is 10.0 Å². The molecule has 1 atom stereocenters. The maximum atomic E-state index is 12.2. The number of carbonyl (C=O) groups is 2. The fourth-order valence-electron chi connectivity index (χ4n) is 2.06. The van der Waals surface area contributed by atoms with Crippen molar-refractivity contribution in [3.8, 4) is 0 Å². The Balaban J connectivity index is 2.69. The summed E-state index contributed by atoms with van der Waals surface area (Å²) in [6, 6.07) is 4.87. The largest absolute Gasteiger partial charge is 0.452 e. The fraction of sp³-hybridized carbons (Fsp3) is 0.529.